The molecule has 1 aromatic rings. The van der Waals surface area contributed by atoms with Crippen LogP contribution in [0.25, 0.3) is 0 Å². The lowest BCUT2D eigenvalue weighted by Crippen LogP contribution is -2.51. The monoisotopic (exact) mass is 310 g/mol. The maximum atomic E-state index is 12.4. The summed E-state index contributed by atoms with van der Waals surface area (Å²) in [6.45, 7) is 2.96. The average molecular weight is 311 g/mol. The molecule has 0 saturated carbocycles. The molecule has 0 spiro atoms. The number of aromatic nitrogens is 1. The molecule has 114 valence electrons. The summed E-state index contributed by atoms with van der Waals surface area (Å²) in [5, 5.41) is 0.368. The molecule has 2 heterocycles. The first-order valence-electron chi connectivity index (χ1n) is 6.80. The number of likely N-dealkylation sites (N-methyl/N-ethyl adjacent to an activating group) is 1. The van der Waals surface area contributed by atoms with Crippen molar-refractivity contribution in [1.82, 2.24) is 19.7 Å². The van der Waals surface area contributed by atoms with Gasteiger partial charge < -0.3 is 9.80 Å². The van der Waals surface area contributed by atoms with Crippen molar-refractivity contribution in [1.29, 1.82) is 0 Å². The second-order valence-electron chi connectivity index (χ2n) is 5.21. The summed E-state index contributed by atoms with van der Waals surface area (Å²) in [6.07, 6.45) is 3.03. The third-order valence-electron chi connectivity index (χ3n) is 3.52. The van der Waals surface area contributed by atoms with Crippen LogP contribution in [0.5, 0.6) is 0 Å². The molecule has 0 bridgehead atoms. The molecule has 2 rings (SSSR count). The molecule has 0 N–H and O–H groups in total. The van der Waals surface area contributed by atoms with Gasteiger partial charge >= 0.3 is 0 Å². The SMILES string of the molecule is CN(C)C(=O)CN1CCN(C(=O)c2ccncc2Cl)CC1. The molecule has 0 atom stereocenters. The molecular formula is C14H19ClN4O2. The highest BCUT2D eigenvalue weighted by atomic mass is 35.5. The minimum Gasteiger partial charge on any atom is -0.348 e. The minimum absolute atomic E-state index is 0.0759. The zero-order valence-electron chi connectivity index (χ0n) is 12.3. The topological polar surface area (TPSA) is 56.8 Å². The van der Waals surface area contributed by atoms with Crippen LogP contribution in [0, 0.1) is 0 Å². The molecule has 0 aromatic carbocycles. The standard InChI is InChI=1S/C14H19ClN4O2/c1-17(2)13(20)10-18-5-7-19(8-6-18)14(21)11-3-4-16-9-12(11)15/h3-4,9H,5-8,10H2,1-2H3. The van der Waals surface area contributed by atoms with Crippen LogP contribution >= 0.6 is 11.6 Å². The van der Waals surface area contributed by atoms with Gasteiger partial charge in [-0.1, -0.05) is 11.6 Å². The van der Waals surface area contributed by atoms with Crippen molar-refractivity contribution in [2.24, 2.45) is 0 Å². The predicted octanol–water partition coefficient (Wildman–Crippen LogP) is 0.581. The Morgan fingerprint density at radius 1 is 1.29 bits per heavy atom. The van der Waals surface area contributed by atoms with Gasteiger partial charge in [-0.2, -0.15) is 0 Å². The first-order valence-corrected chi connectivity index (χ1v) is 7.18. The largest absolute Gasteiger partial charge is 0.348 e. The number of nitrogens with zero attached hydrogens (tertiary/aromatic N) is 4. The summed E-state index contributed by atoms with van der Waals surface area (Å²) >= 11 is 6.00. The van der Waals surface area contributed by atoms with Gasteiger partial charge in [-0.05, 0) is 6.07 Å². The number of carbonyl (C=O) groups excluding carboxylic acids is 2. The van der Waals surface area contributed by atoms with Crippen LogP contribution in [-0.2, 0) is 4.79 Å². The van der Waals surface area contributed by atoms with E-state index in [1.54, 1.807) is 36.2 Å². The number of pyridine rings is 1. The summed E-state index contributed by atoms with van der Waals surface area (Å²) in [6, 6.07) is 1.63. The Bertz CT molecular complexity index is 527. The fourth-order valence-corrected chi connectivity index (χ4v) is 2.36. The average Bonchev–Trinajstić information content (AvgIpc) is 2.47. The van der Waals surface area contributed by atoms with Gasteiger partial charge in [0.2, 0.25) is 5.91 Å². The van der Waals surface area contributed by atoms with Crippen LogP contribution < -0.4 is 0 Å². The van der Waals surface area contributed by atoms with E-state index in [0.29, 0.717) is 43.3 Å². The lowest BCUT2D eigenvalue weighted by molar-refractivity contribution is -0.130. The molecule has 7 heteroatoms. The van der Waals surface area contributed by atoms with E-state index in [1.807, 2.05) is 0 Å². The number of rotatable bonds is 3. The highest BCUT2D eigenvalue weighted by molar-refractivity contribution is 6.33. The van der Waals surface area contributed by atoms with Gasteiger partial charge in [0, 0.05) is 52.7 Å². The van der Waals surface area contributed by atoms with E-state index in [2.05, 4.69) is 9.88 Å². The van der Waals surface area contributed by atoms with E-state index in [0.717, 1.165) is 0 Å². The lowest BCUT2D eigenvalue weighted by Gasteiger charge is -2.34. The van der Waals surface area contributed by atoms with Crippen molar-refractivity contribution in [2.45, 2.75) is 0 Å². The van der Waals surface area contributed by atoms with Crippen molar-refractivity contribution >= 4 is 23.4 Å². The fraction of sp³-hybridized carbons (Fsp3) is 0.500. The Kier molecular flexibility index (Phi) is 5.14. The second kappa shape index (κ2) is 6.87. The van der Waals surface area contributed by atoms with Gasteiger partial charge in [0.15, 0.2) is 0 Å². The van der Waals surface area contributed by atoms with Crippen LogP contribution in [0.2, 0.25) is 5.02 Å². The zero-order chi connectivity index (χ0) is 15.4. The zero-order valence-corrected chi connectivity index (χ0v) is 13.0. The normalized spacial score (nSPS) is 15.9. The maximum Gasteiger partial charge on any atom is 0.255 e. The van der Waals surface area contributed by atoms with E-state index in [-0.39, 0.29) is 11.8 Å². The highest BCUT2D eigenvalue weighted by Gasteiger charge is 2.24. The maximum absolute atomic E-state index is 12.4. The van der Waals surface area contributed by atoms with Gasteiger partial charge in [-0.15, -0.1) is 0 Å². The van der Waals surface area contributed by atoms with Gasteiger partial charge in [-0.3, -0.25) is 19.5 Å². The Labute approximate surface area is 129 Å². The van der Waals surface area contributed by atoms with E-state index in [9.17, 15) is 9.59 Å². The summed E-state index contributed by atoms with van der Waals surface area (Å²) in [4.78, 5) is 33.3. The first kappa shape index (κ1) is 15.7. The number of piperazine rings is 1. The quantitative estimate of drug-likeness (QED) is 0.819. The number of amides is 2. The molecule has 1 saturated heterocycles. The van der Waals surface area contributed by atoms with E-state index >= 15 is 0 Å². The molecule has 21 heavy (non-hydrogen) atoms. The highest BCUT2D eigenvalue weighted by Crippen LogP contribution is 2.16. The molecular weight excluding hydrogens is 292 g/mol. The molecule has 0 aliphatic carbocycles. The van der Waals surface area contributed by atoms with Gasteiger partial charge in [0.25, 0.3) is 5.91 Å². The Morgan fingerprint density at radius 2 is 1.95 bits per heavy atom. The van der Waals surface area contributed by atoms with Crippen molar-refractivity contribution in [3.05, 3.63) is 29.0 Å². The van der Waals surface area contributed by atoms with Crippen molar-refractivity contribution in [3.8, 4) is 0 Å². The predicted molar refractivity (Wildman–Crippen MR) is 80.3 cm³/mol. The minimum atomic E-state index is -0.0824. The van der Waals surface area contributed by atoms with Gasteiger partial charge in [0.05, 0.1) is 17.1 Å². The Hall–Kier alpha value is -1.66. The van der Waals surface area contributed by atoms with Crippen molar-refractivity contribution in [2.75, 3.05) is 46.8 Å². The van der Waals surface area contributed by atoms with Crippen LogP contribution in [-0.4, -0.2) is 78.3 Å². The lowest BCUT2D eigenvalue weighted by atomic mass is 10.2. The van der Waals surface area contributed by atoms with Gasteiger partial charge in [-0.25, -0.2) is 0 Å². The van der Waals surface area contributed by atoms with E-state index in [1.165, 1.54) is 6.20 Å². The van der Waals surface area contributed by atoms with Crippen LogP contribution in [0.15, 0.2) is 18.5 Å². The Morgan fingerprint density at radius 3 is 2.52 bits per heavy atom. The summed E-state index contributed by atoms with van der Waals surface area (Å²) < 4.78 is 0. The number of hydrogen-bond acceptors (Lipinski definition) is 4. The Balaban J connectivity index is 1.91. The molecule has 0 radical (unpaired) electrons. The molecule has 1 aliphatic heterocycles. The van der Waals surface area contributed by atoms with Crippen LogP contribution in [0.4, 0.5) is 0 Å². The molecule has 0 unspecified atom stereocenters. The fourth-order valence-electron chi connectivity index (χ4n) is 2.16. The summed E-state index contributed by atoms with van der Waals surface area (Å²) in [5.74, 6) is -0.00654. The summed E-state index contributed by atoms with van der Waals surface area (Å²) in [7, 11) is 3.49. The molecule has 1 aliphatic rings. The smallest absolute Gasteiger partial charge is 0.255 e. The number of halogens is 1. The van der Waals surface area contributed by atoms with Gasteiger partial charge in [0.1, 0.15) is 0 Å². The van der Waals surface area contributed by atoms with Crippen molar-refractivity contribution < 1.29 is 9.59 Å². The number of hydrogen-bond donors (Lipinski definition) is 0. The van der Waals surface area contributed by atoms with Crippen LogP contribution in [0.1, 0.15) is 10.4 Å². The molecule has 6 nitrogen and oxygen atoms in total. The first-order chi connectivity index (χ1) is 9.99. The number of carbonyl (C=O) groups is 2. The second-order valence-corrected chi connectivity index (χ2v) is 5.62. The molecule has 2 amide bonds. The molecule has 1 fully saturated rings. The van der Waals surface area contributed by atoms with Crippen molar-refractivity contribution in [3.63, 3.8) is 0 Å². The van der Waals surface area contributed by atoms with E-state index in [4.69, 9.17) is 11.6 Å². The summed E-state index contributed by atoms with van der Waals surface area (Å²) in [5.41, 5.74) is 0.476. The van der Waals surface area contributed by atoms with Crippen LogP contribution in [0.3, 0.4) is 0 Å². The van der Waals surface area contributed by atoms with E-state index < -0.39 is 0 Å². The third-order valence-corrected chi connectivity index (χ3v) is 3.82. The third kappa shape index (κ3) is 3.92. The molecule has 1 aromatic heterocycles.